The summed E-state index contributed by atoms with van der Waals surface area (Å²) in [6.45, 7) is 2.95. The highest BCUT2D eigenvalue weighted by Gasteiger charge is 2.35. The number of nitrogens with zero attached hydrogens (tertiary/aromatic N) is 3. The number of nitriles is 1. The number of alkyl halides is 3. The van der Waals surface area contributed by atoms with Crippen LogP contribution in [0.2, 0.25) is 0 Å². The van der Waals surface area contributed by atoms with Gasteiger partial charge in [-0.3, -0.25) is 4.79 Å². The normalized spacial score (nSPS) is 16.7. The van der Waals surface area contributed by atoms with Gasteiger partial charge in [-0.1, -0.05) is 6.07 Å². The van der Waals surface area contributed by atoms with Crippen molar-refractivity contribution in [3.8, 4) is 6.07 Å². The van der Waals surface area contributed by atoms with Crippen LogP contribution in [-0.2, 0) is 11.0 Å². The molecule has 1 unspecified atom stereocenters. The first-order chi connectivity index (χ1) is 13.3. The maximum absolute atomic E-state index is 13.2. The van der Waals surface area contributed by atoms with Gasteiger partial charge in [0.2, 0.25) is 5.91 Å². The lowest BCUT2D eigenvalue weighted by molar-refractivity contribution is -0.137. The standard InChI is InChI=1S/C20H19F3N4O/c1-13-2-5-18(25-11-13)26-19(28)8-14-6-7-27(12-14)16-4-3-15(10-24)17(9-16)20(21,22)23/h2-5,9,11,14H,6-8,12H2,1H3,(H,25,26,28). The highest BCUT2D eigenvalue weighted by molar-refractivity contribution is 5.90. The maximum atomic E-state index is 13.2. The molecule has 1 aliphatic heterocycles. The van der Waals surface area contributed by atoms with Gasteiger partial charge in [0.05, 0.1) is 17.2 Å². The highest BCUT2D eigenvalue weighted by atomic mass is 19.4. The number of halogens is 3. The number of aromatic nitrogens is 1. The van der Waals surface area contributed by atoms with Crippen molar-refractivity contribution in [1.29, 1.82) is 5.26 Å². The van der Waals surface area contributed by atoms with E-state index in [9.17, 15) is 18.0 Å². The summed E-state index contributed by atoms with van der Waals surface area (Å²) < 4.78 is 39.5. The number of anilines is 2. The Balaban J connectivity index is 1.63. The molecule has 1 aromatic heterocycles. The number of aryl methyl sites for hydroxylation is 1. The van der Waals surface area contributed by atoms with Gasteiger partial charge in [0.1, 0.15) is 5.82 Å². The second-order valence-corrected chi connectivity index (χ2v) is 6.91. The summed E-state index contributed by atoms with van der Waals surface area (Å²) in [6, 6.07) is 8.89. The van der Waals surface area contributed by atoms with Crippen molar-refractivity contribution in [2.45, 2.75) is 25.9 Å². The lowest BCUT2D eigenvalue weighted by Gasteiger charge is -2.20. The first-order valence-electron chi connectivity index (χ1n) is 8.85. The maximum Gasteiger partial charge on any atom is 0.417 e. The fourth-order valence-electron chi connectivity index (χ4n) is 3.29. The minimum absolute atomic E-state index is 0.0374. The number of hydrogen-bond donors (Lipinski definition) is 1. The molecule has 1 aromatic carbocycles. The zero-order valence-electron chi connectivity index (χ0n) is 15.3. The van der Waals surface area contributed by atoms with Gasteiger partial charge in [-0.15, -0.1) is 0 Å². The molecule has 0 saturated carbocycles. The molecule has 0 radical (unpaired) electrons. The summed E-state index contributed by atoms with van der Waals surface area (Å²) in [4.78, 5) is 18.2. The number of rotatable bonds is 4. The molecule has 1 N–H and O–H groups in total. The Kier molecular flexibility index (Phi) is 5.54. The molecule has 0 bridgehead atoms. The van der Waals surface area contributed by atoms with Gasteiger partial charge in [-0.05, 0) is 49.1 Å². The number of carbonyl (C=O) groups excluding carboxylic acids is 1. The molecule has 8 heteroatoms. The van der Waals surface area contributed by atoms with Crippen molar-refractivity contribution in [3.63, 3.8) is 0 Å². The average molecular weight is 388 g/mol. The van der Waals surface area contributed by atoms with Crippen LogP contribution in [0, 0.1) is 24.2 Å². The van der Waals surface area contributed by atoms with Crippen LogP contribution in [-0.4, -0.2) is 24.0 Å². The molecule has 1 fully saturated rings. The number of hydrogen-bond acceptors (Lipinski definition) is 4. The molecule has 28 heavy (non-hydrogen) atoms. The molecule has 0 aliphatic carbocycles. The summed E-state index contributed by atoms with van der Waals surface area (Å²) in [7, 11) is 0. The SMILES string of the molecule is Cc1ccc(NC(=O)CC2CCN(c3ccc(C#N)c(C(F)(F)F)c3)C2)nc1. The Morgan fingerprint density at radius 1 is 1.36 bits per heavy atom. The van der Waals surface area contributed by atoms with Gasteiger partial charge in [0.25, 0.3) is 0 Å². The van der Waals surface area contributed by atoms with E-state index in [1.54, 1.807) is 18.3 Å². The predicted octanol–water partition coefficient (Wildman–Crippen LogP) is 4.14. The van der Waals surface area contributed by atoms with Crippen molar-refractivity contribution in [2.75, 3.05) is 23.3 Å². The van der Waals surface area contributed by atoms with E-state index in [4.69, 9.17) is 5.26 Å². The van der Waals surface area contributed by atoms with Crippen LogP contribution in [0.5, 0.6) is 0 Å². The molecule has 1 atom stereocenters. The summed E-state index contributed by atoms with van der Waals surface area (Å²) in [5.74, 6) is 0.349. The van der Waals surface area contributed by atoms with Crippen LogP contribution in [0.1, 0.15) is 29.5 Å². The van der Waals surface area contributed by atoms with Crippen LogP contribution in [0.3, 0.4) is 0 Å². The summed E-state index contributed by atoms with van der Waals surface area (Å²) >= 11 is 0. The fraction of sp³-hybridized carbons (Fsp3) is 0.350. The number of carbonyl (C=O) groups is 1. The first kappa shape index (κ1) is 19.7. The van der Waals surface area contributed by atoms with E-state index < -0.39 is 17.3 Å². The van der Waals surface area contributed by atoms with Gasteiger partial charge in [0, 0.05) is 31.4 Å². The lowest BCUT2D eigenvalue weighted by Crippen LogP contribution is -2.23. The Morgan fingerprint density at radius 2 is 2.14 bits per heavy atom. The van der Waals surface area contributed by atoms with E-state index in [1.165, 1.54) is 12.1 Å². The zero-order chi connectivity index (χ0) is 20.3. The second-order valence-electron chi connectivity index (χ2n) is 6.91. The van der Waals surface area contributed by atoms with Crippen molar-refractivity contribution in [3.05, 3.63) is 53.2 Å². The smallest absolute Gasteiger partial charge is 0.371 e. The van der Waals surface area contributed by atoms with Gasteiger partial charge in [-0.25, -0.2) is 4.98 Å². The topological polar surface area (TPSA) is 69.0 Å². The molecule has 1 amide bonds. The quantitative estimate of drug-likeness (QED) is 0.855. The van der Waals surface area contributed by atoms with Gasteiger partial charge in [0.15, 0.2) is 0 Å². The molecule has 2 heterocycles. The third kappa shape index (κ3) is 4.60. The molecule has 3 rings (SSSR count). The largest absolute Gasteiger partial charge is 0.417 e. The Hall–Kier alpha value is -3.08. The van der Waals surface area contributed by atoms with E-state index in [1.807, 2.05) is 17.9 Å². The van der Waals surface area contributed by atoms with Gasteiger partial charge >= 0.3 is 6.18 Å². The summed E-state index contributed by atoms with van der Waals surface area (Å²) in [5, 5.41) is 11.6. The predicted molar refractivity (Wildman–Crippen MR) is 98.7 cm³/mol. The molecule has 0 spiro atoms. The summed E-state index contributed by atoms with van der Waals surface area (Å²) in [6.07, 6.45) is -1.94. The van der Waals surface area contributed by atoms with E-state index in [0.29, 0.717) is 31.0 Å². The summed E-state index contributed by atoms with van der Waals surface area (Å²) in [5.41, 5.74) is 0.0793. The molecular weight excluding hydrogens is 369 g/mol. The zero-order valence-corrected chi connectivity index (χ0v) is 15.3. The van der Waals surface area contributed by atoms with Crippen LogP contribution in [0.25, 0.3) is 0 Å². The van der Waals surface area contributed by atoms with Crippen LogP contribution >= 0.6 is 0 Å². The van der Waals surface area contributed by atoms with Gasteiger partial charge in [-0.2, -0.15) is 18.4 Å². The van der Waals surface area contributed by atoms with Crippen molar-refractivity contribution < 1.29 is 18.0 Å². The fourth-order valence-corrected chi connectivity index (χ4v) is 3.29. The third-order valence-corrected chi connectivity index (χ3v) is 4.73. The Labute approximate surface area is 160 Å². The van der Waals surface area contributed by atoms with E-state index >= 15 is 0 Å². The van der Waals surface area contributed by atoms with E-state index in [0.717, 1.165) is 11.6 Å². The van der Waals surface area contributed by atoms with Crippen molar-refractivity contribution >= 4 is 17.4 Å². The molecule has 146 valence electrons. The number of amides is 1. The Bertz CT molecular complexity index is 903. The Morgan fingerprint density at radius 3 is 2.79 bits per heavy atom. The minimum Gasteiger partial charge on any atom is -0.371 e. The second kappa shape index (κ2) is 7.89. The highest BCUT2D eigenvalue weighted by Crippen LogP contribution is 2.35. The number of benzene rings is 1. The molecule has 1 aliphatic rings. The van der Waals surface area contributed by atoms with Crippen molar-refractivity contribution in [1.82, 2.24) is 4.98 Å². The first-order valence-corrected chi connectivity index (χ1v) is 8.85. The van der Waals surface area contributed by atoms with E-state index in [-0.39, 0.29) is 18.2 Å². The van der Waals surface area contributed by atoms with Crippen molar-refractivity contribution in [2.24, 2.45) is 5.92 Å². The molecule has 1 saturated heterocycles. The molecule has 2 aromatic rings. The minimum atomic E-state index is -4.58. The number of pyridine rings is 1. The molecular formula is C20H19F3N4O. The number of nitrogens with one attached hydrogen (secondary N) is 1. The van der Waals surface area contributed by atoms with Crippen LogP contribution in [0.15, 0.2) is 36.5 Å². The average Bonchev–Trinajstić information content (AvgIpc) is 3.10. The molecule has 5 nitrogen and oxygen atoms in total. The monoisotopic (exact) mass is 388 g/mol. The van der Waals surface area contributed by atoms with Crippen LogP contribution in [0.4, 0.5) is 24.7 Å². The van der Waals surface area contributed by atoms with E-state index in [2.05, 4.69) is 10.3 Å². The van der Waals surface area contributed by atoms with Gasteiger partial charge < -0.3 is 10.2 Å². The van der Waals surface area contributed by atoms with Crippen LogP contribution < -0.4 is 10.2 Å². The third-order valence-electron chi connectivity index (χ3n) is 4.73. The lowest BCUT2D eigenvalue weighted by atomic mass is 10.0.